The van der Waals surface area contributed by atoms with E-state index >= 15 is 0 Å². The third-order valence-corrected chi connectivity index (χ3v) is 5.02. The van der Waals surface area contributed by atoms with Crippen molar-refractivity contribution in [1.82, 2.24) is 4.72 Å². The first-order valence-electron chi connectivity index (χ1n) is 7.11. The van der Waals surface area contributed by atoms with Gasteiger partial charge in [0.05, 0.1) is 18.1 Å². The molecule has 0 saturated carbocycles. The van der Waals surface area contributed by atoms with Crippen molar-refractivity contribution in [2.75, 3.05) is 13.7 Å². The molecule has 0 heterocycles. The van der Waals surface area contributed by atoms with Gasteiger partial charge in [0.1, 0.15) is 10.6 Å². The molecule has 0 spiro atoms. The van der Waals surface area contributed by atoms with E-state index in [2.05, 4.69) is 4.72 Å². The van der Waals surface area contributed by atoms with Crippen LogP contribution >= 0.6 is 12.4 Å². The lowest BCUT2D eigenvalue weighted by molar-refractivity contribution is -0.385. The maximum absolute atomic E-state index is 12.6. The third-order valence-electron chi connectivity index (χ3n) is 3.34. The molecule has 0 saturated heterocycles. The Morgan fingerprint density at radius 2 is 2.00 bits per heavy atom. The second kappa shape index (κ2) is 8.61. The highest BCUT2D eigenvalue weighted by atomic mass is 35.5. The number of methoxy groups -OCH3 is 1. The lowest BCUT2D eigenvalue weighted by atomic mass is 9.92. The van der Waals surface area contributed by atoms with E-state index in [4.69, 9.17) is 10.5 Å². The van der Waals surface area contributed by atoms with E-state index in [9.17, 15) is 18.5 Å². The van der Waals surface area contributed by atoms with E-state index < -0.39 is 20.5 Å². The van der Waals surface area contributed by atoms with E-state index in [1.807, 2.05) is 13.8 Å². The number of nitro groups is 1. The Morgan fingerprint density at radius 3 is 2.42 bits per heavy atom. The molecule has 0 aliphatic carbocycles. The fourth-order valence-corrected chi connectivity index (χ4v) is 4.02. The summed E-state index contributed by atoms with van der Waals surface area (Å²) >= 11 is 0. The van der Waals surface area contributed by atoms with Crippen LogP contribution in [0.15, 0.2) is 23.1 Å². The Kier molecular flexibility index (Phi) is 8.10. The summed E-state index contributed by atoms with van der Waals surface area (Å²) in [6.45, 7) is 5.78. The lowest BCUT2D eigenvalue weighted by Gasteiger charge is -2.31. The smallest absolute Gasteiger partial charge is 0.273 e. The van der Waals surface area contributed by atoms with Crippen LogP contribution in [0, 0.1) is 16.0 Å². The van der Waals surface area contributed by atoms with Crippen LogP contribution in [0.25, 0.3) is 0 Å². The van der Waals surface area contributed by atoms with E-state index in [1.54, 1.807) is 6.92 Å². The molecule has 1 atom stereocenters. The molecule has 3 N–H and O–H groups in total. The SMILES string of the molecule is COc1cc([N+](=O)[O-])ccc1S(=O)(=O)NC(C)(CN)CC(C)C.Cl. The maximum Gasteiger partial charge on any atom is 0.273 e. The topological polar surface area (TPSA) is 125 Å². The number of nitrogens with one attached hydrogen (secondary N) is 1. The molecule has 1 rings (SSSR count). The molecule has 0 bridgehead atoms. The summed E-state index contributed by atoms with van der Waals surface area (Å²) in [5, 5.41) is 10.8. The molecule has 0 aliphatic rings. The van der Waals surface area contributed by atoms with Crippen molar-refractivity contribution in [3.8, 4) is 5.75 Å². The van der Waals surface area contributed by atoms with Gasteiger partial charge in [0, 0.05) is 18.2 Å². The predicted molar refractivity (Wildman–Crippen MR) is 94.1 cm³/mol. The van der Waals surface area contributed by atoms with Crippen molar-refractivity contribution >= 4 is 28.1 Å². The van der Waals surface area contributed by atoms with Crippen molar-refractivity contribution in [1.29, 1.82) is 0 Å². The van der Waals surface area contributed by atoms with E-state index in [-0.39, 0.29) is 41.2 Å². The minimum atomic E-state index is -3.94. The highest BCUT2D eigenvalue weighted by Gasteiger charge is 2.32. The Morgan fingerprint density at radius 1 is 1.42 bits per heavy atom. The zero-order valence-electron chi connectivity index (χ0n) is 14.1. The normalized spacial score (nSPS) is 13.9. The van der Waals surface area contributed by atoms with Gasteiger partial charge in [-0.1, -0.05) is 13.8 Å². The molecule has 0 radical (unpaired) electrons. The first kappa shape index (κ1) is 22.6. The van der Waals surface area contributed by atoms with Gasteiger partial charge in [-0.05, 0) is 25.3 Å². The van der Waals surface area contributed by atoms with E-state index in [1.165, 1.54) is 7.11 Å². The summed E-state index contributed by atoms with van der Waals surface area (Å²) in [6.07, 6.45) is 0.554. The molecular weight excluding hydrogens is 358 g/mol. The minimum Gasteiger partial charge on any atom is -0.495 e. The largest absolute Gasteiger partial charge is 0.495 e. The molecular formula is C14H24ClN3O5S. The number of nitrogens with two attached hydrogens (primary N) is 1. The van der Waals surface area contributed by atoms with Gasteiger partial charge in [0.25, 0.3) is 5.69 Å². The van der Waals surface area contributed by atoms with Gasteiger partial charge in [0.15, 0.2) is 0 Å². The molecule has 0 fully saturated rings. The van der Waals surface area contributed by atoms with Crippen LogP contribution < -0.4 is 15.2 Å². The zero-order chi connectivity index (χ0) is 17.8. The summed E-state index contributed by atoms with van der Waals surface area (Å²) < 4.78 is 32.8. The van der Waals surface area contributed by atoms with Crippen LogP contribution in [0.4, 0.5) is 5.69 Å². The zero-order valence-corrected chi connectivity index (χ0v) is 15.7. The number of nitro benzene ring substituents is 1. The van der Waals surface area contributed by atoms with Gasteiger partial charge in [0.2, 0.25) is 10.0 Å². The molecule has 8 nitrogen and oxygen atoms in total. The highest BCUT2D eigenvalue weighted by molar-refractivity contribution is 7.89. The number of hydrogen-bond acceptors (Lipinski definition) is 6. The monoisotopic (exact) mass is 381 g/mol. The van der Waals surface area contributed by atoms with Crippen LogP contribution in [0.1, 0.15) is 27.2 Å². The van der Waals surface area contributed by atoms with Crippen molar-refractivity contribution in [2.24, 2.45) is 11.7 Å². The van der Waals surface area contributed by atoms with E-state index in [0.29, 0.717) is 6.42 Å². The van der Waals surface area contributed by atoms with Crippen molar-refractivity contribution < 1.29 is 18.1 Å². The lowest BCUT2D eigenvalue weighted by Crippen LogP contribution is -2.52. The van der Waals surface area contributed by atoms with Gasteiger partial charge < -0.3 is 10.5 Å². The summed E-state index contributed by atoms with van der Waals surface area (Å²) in [4.78, 5) is 10.0. The second-order valence-corrected chi connectivity index (χ2v) is 7.71. The third kappa shape index (κ3) is 5.59. The van der Waals surface area contributed by atoms with E-state index in [0.717, 1.165) is 18.2 Å². The molecule has 1 aromatic rings. The first-order chi connectivity index (χ1) is 10.5. The first-order valence-corrected chi connectivity index (χ1v) is 8.59. The minimum absolute atomic E-state index is 0. The molecule has 1 aromatic carbocycles. The number of hydrogen-bond donors (Lipinski definition) is 2. The van der Waals surface area contributed by atoms with Crippen LogP contribution in [0.3, 0.4) is 0 Å². The molecule has 10 heteroatoms. The van der Waals surface area contributed by atoms with Crippen LogP contribution in [0.5, 0.6) is 5.75 Å². The number of non-ortho nitro benzene ring substituents is 1. The standard InChI is InChI=1S/C14H23N3O5S.ClH/c1-10(2)8-14(3,9-15)16-23(20,21)13-6-5-11(17(18)19)7-12(13)22-4;/h5-7,10,16H,8-9,15H2,1-4H3;1H. The number of benzene rings is 1. The van der Waals surface area contributed by atoms with Gasteiger partial charge in [-0.2, -0.15) is 0 Å². The number of sulfonamides is 1. The summed E-state index contributed by atoms with van der Waals surface area (Å²) in [7, 11) is -2.68. The molecule has 1 unspecified atom stereocenters. The number of ether oxygens (including phenoxy) is 1. The fourth-order valence-electron chi connectivity index (χ4n) is 2.44. The average Bonchev–Trinajstić information content (AvgIpc) is 2.44. The Labute approximate surface area is 148 Å². The number of rotatable bonds is 8. The van der Waals surface area contributed by atoms with Crippen molar-refractivity contribution in [3.05, 3.63) is 28.3 Å². The van der Waals surface area contributed by atoms with Crippen LogP contribution in [-0.2, 0) is 10.0 Å². The summed E-state index contributed by atoms with van der Waals surface area (Å²) in [6, 6.07) is 3.36. The number of nitrogens with zero attached hydrogens (tertiary/aromatic N) is 1. The summed E-state index contributed by atoms with van der Waals surface area (Å²) in [5.74, 6) is 0.153. The Balaban J connectivity index is 0.00000529. The molecule has 138 valence electrons. The molecule has 0 aliphatic heterocycles. The van der Waals surface area contributed by atoms with Gasteiger partial charge in [-0.25, -0.2) is 13.1 Å². The second-order valence-electron chi connectivity index (χ2n) is 6.06. The van der Waals surface area contributed by atoms with Gasteiger partial charge >= 0.3 is 0 Å². The predicted octanol–water partition coefficient (Wildman–Crippen LogP) is 2.07. The quantitative estimate of drug-likeness (QED) is 0.524. The highest BCUT2D eigenvalue weighted by Crippen LogP contribution is 2.29. The maximum atomic E-state index is 12.6. The van der Waals surface area contributed by atoms with Crippen LogP contribution in [-0.4, -0.2) is 32.5 Å². The molecule has 24 heavy (non-hydrogen) atoms. The van der Waals surface area contributed by atoms with Gasteiger partial charge in [-0.3, -0.25) is 10.1 Å². The number of halogens is 1. The van der Waals surface area contributed by atoms with Crippen molar-refractivity contribution in [3.63, 3.8) is 0 Å². The Bertz CT molecular complexity index is 681. The fraction of sp³-hybridized carbons (Fsp3) is 0.571. The molecule has 0 amide bonds. The Hall–Kier alpha value is -1.42. The van der Waals surface area contributed by atoms with Crippen LogP contribution in [0.2, 0.25) is 0 Å². The van der Waals surface area contributed by atoms with Crippen molar-refractivity contribution in [2.45, 2.75) is 37.6 Å². The van der Waals surface area contributed by atoms with Gasteiger partial charge in [-0.15, -0.1) is 12.4 Å². The molecule has 0 aromatic heterocycles. The summed E-state index contributed by atoms with van der Waals surface area (Å²) in [5.41, 5.74) is 4.66. The average molecular weight is 382 g/mol.